The third kappa shape index (κ3) is 5.32. The van der Waals surface area contributed by atoms with Gasteiger partial charge < -0.3 is 20.8 Å². The van der Waals surface area contributed by atoms with Gasteiger partial charge in [0.1, 0.15) is 44.9 Å². The Labute approximate surface area is 281 Å². The van der Waals surface area contributed by atoms with Crippen LogP contribution in [-0.4, -0.2) is 61.6 Å². The fourth-order valence-electron chi connectivity index (χ4n) is 6.93. The molecule has 5 aromatic rings. The fourth-order valence-corrected chi connectivity index (χ4v) is 10.3. The first-order chi connectivity index (χ1) is 23.4. The Kier molecular flexibility index (Phi) is 7.44. The smallest absolute Gasteiger partial charge is 0.225 e. The molecular weight excluding hydrogens is 685 g/mol. The topological polar surface area (TPSA) is 150 Å². The molecule has 0 spiro atoms. The van der Waals surface area contributed by atoms with Crippen molar-refractivity contribution in [1.82, 2.24) is 19.9 Å². The maximum atomic E-state index is 14.4. The van der Waals surface area contributed by atoms with Crippen LogP contribution < -0.4 is 10.6 Å². The summed E-state index contributed by atoms with van der Waals surface area (Å²) in [5.74, 6) is -4.37. The summed E-state index contributed by atoms with van der Waals surface area (Å²) in [6.07, 6.45) is 2.31. The van der Waals surface area contributed by atoms with E-state index in [0.717, 1.165) is 59.1 Å². The highest BCUT2D eigenvalue weighted by molar-refractivity contribution is 7.92. The first kappa shape index (κ1) is 32.0. The van der Waals surface area contributed by atoms with Gasteiger partial charge in [0, 0.05) is 36.2 Å². The Morgan fingerprint density at radius 1 is 1.00 bits per heavy atom. The molecule has 1 unspecified atom stereocenters. The van der Waals surface area contributed by atoms with Crippen LogP contribution in [0.5, 0.6) is 0 Å². The van der Waals surface area contributed by atoms with Crippen LogP contribution in [0.2, 0.25) is 0 Å². The molecule has 3 heterocycles. The molecule has 0 amide bonds. The first-order valence-corrected chi connectivity index (χ1v) is 17.9. The highest BCUT2D eigenvalue weighted by Crippen LogP contribution is 2.61. The SMILES string of the molecule is Cc1nc(NCc2cc(F)c(F)cc2F)nc(N[C@@H]2C[C@@H]3C(S(=O)(=O)c4ccc(F)cc4)[C@]3(O)[C@H]2O)c1-c1nc2c(C3CC3)nccc2s1. The molecule has 0 bridgehead atoms. The molecule has 16 heteroatoms. The second-order valence-corrected chi connectivity index (χ2v) is 15.8. The van der Waals surface area contributed by atoms with E-state index in [1.54, 1.807) is 13.1 Å². The van der Waals surface area contributed by atoms with E-state index in [1.165, 1.54) is 11.3 Å². The Morgan fingerprint density at radius 3 is 2.43 bits per heavy atom. The Morgan fingerprint density at radius 2 is 1.73 bits per heavy atom. The molecule has 5 atom stereocenters. The minimum absolute atomic E-state index is 0.00227. The molecule has 3 saturated carbocycles. The largest absolute Gasteiger partial charge is 0.388 e. The molecule has 49 heavy (non-hydrogen) atoms. The van der Waals surface area contributed by atoms with Gasteiger partial charge in [-0.05, 0) is 62.6 Å². The number of aliphatic hydroxyl groups is 2. The van der Waals surface area contributed by atoms with E-state index >= 15 is 0 Å². The molecule has 254 valence electrons. The van der Waals surface area contributed by atoms with E-state index < -0.39 is 62.0 Å². The summed E-state index contributed by atoms with van der Waals surface area (Å²) in [6.45, 7) is 1.43. The number of fused-ring (bicyclic) bond motifs is 2. The lowest BCUT2D eigenvalue weighted by atomic mass is 10.1. The van der Waals surface area contributed by atoms with Crippen LogP contribution >= 0.6 is 11.3 Å². The standard InChI is InChI=1S/C33H28F4N6O4S2/c1-14-25(31-42-27-24(48-31)8-9-38-26(27)15-2-3-15)30(43-32(40-14)39-13-16-10-21(36)22(37)12-20(16)35)41-23-11-19-29(33(19,45)28(23)44)49(46,47)18-6-4-17(34)5-7-18/h4-10,12,15,19,23,28-29,44-45H,2-3,11,13H2,1H3,(H2,39,40,41,43)/t19-,23-,28+,29?,33-/m1/s1. The number of hydrogen-bond donors (Lipinski definition) is 4. The van der Waals surface area contributed by atoms with Gasteiger partial charge in [-0.15, -0.1) is 11.3 Å². The number of aryl methyl sites for hydroxylation is 1. The highest BCUT2D eigenvalue weighted by atomic mass is 32.2. The molecular formula is C33H28F4N6O4S2. The van der Waals surface area contributed by atoms with Crippen LogP contribution in [0.1, 0.15) is 42.1 Å². The van der Waals surface area contributed by atoms with Crippen molar-refractivity contribution in [2.24, 2.45) is 5.92 Å². The summed E-state index contributed by atoms with van der Waals surface area (Å²) in [6, 6.07) is 6.50. The summed E-state index contributed by atoms with van der Waals surface area (Å²) in [4.78, 5) is 18.4. The zero-order chi connectivity index (χ0) is 34.4. The summed E-state index contributed by atoms with van der Waals surface area (Å²) in [5, 5.41) is 28.1. The molecule has 8 rings (SSSR count). The summed E-state index contributed by atoms with van der Waals surface area (Å²) >= 11 is 1.39. The van der Waals surface area contributed by atoms with Crippen LogP contribution in [0.25, 0.3) is 20.8 Å². The van der Waals surface area contributed by atoms with Gasteiger partial charge in [-0.25, -0.2) is 35.9 Å². The number of anilines is 2. The van der Waals surface area contributed by atoms with Crippen LogP contribution in [-0.2, 0) is 16.4 Å². The van der Waals surface area contributed by atoms with Gasteiger partial charge in [-0.1, -0.05) is 0 Å². The molecule has 0 saturated heterocycles. The van der Waals surface area contributed by atoms with Crippen molar-refractivity contribution in [2.45, 2.75) is 66.5 Å². The minimum atomic E-state index is -4.09. The fraction of sp³-hybridized carbons (Fsp3) is 0.333. The van der Waals surface area contributed by atoms with E-state index in [9.17, 15) is 36.2 Å². The molecule has 3 aromatic heterocycles. The van der Waals surface area contributed by atoms with Crippen molar-refractivity contribution in [3.05, 3.63) is 88.9 Å². The number of nitrogens with zero attached hydrogens (tertiary/aromatic N) is 4. The van der Waals surface area contributed by atoms with Crippen LogP contribution in [0.4, 0.5) is 29.3 Å². The van der Waals surface area contributed by atoms with E-state index in [2.05, 4.69) is 25.6 Å². The normalized spacial score (nSPS) is 24.6. The van der Waals surface area contributed by atoms with Gasteiger partial charge >= 0.3 is 0 Å². The van der Waals surface area contributed by atoms with E-state index in [1.807, 2.05) is 6.07 Å². The number of aliphatic hydroxyl groups excluding tert-OH is 1. The number of hydrogen-bond acceptors (Lipinski definition) is 11. The van der Waals surface area contributed by atoms with E-state index in [4.69, 9.17) is 4.98 Å². The molecule has 3 aliphatic carbocycles. The maximum Gasteiger partial charge on any atom is 0.225 e. The number of rotatable bonds is 9. The molecule has 0 aliphatic heterocycles. The highest BCUT2D eigenvalue weighted by Gasteiger charge is 2.78. The van der Waals surface area contributed by atoms with Gasteiger partial charge in [-0.3, -0.25) is 4.98 Å². The first-order valence-electron chi connectivity index (χ1n) is 15.5. The number of nitrogens with one attached hydrogen (secondary N) is 2. The van der Waals surface area contributed by atoms with Crippen molar-refractivity contribution in [1.29, 1.82) is 0 Å². The lowest BCUT2D eigenvalue weighted by molar-refractivity contribution is 0.00553. The molecule has 0 radical (unpaired) electrons. The van der Waals surface area contributed by atoms with Crippen molar-refractivity contribution in [3.8, 4) is 10.6 Å². The Bertz CT molecular complexity index is 2250. The van der Waals surface area contributed by atoms with Crippen LogP contribution in [0.15, 0.2) is 53.6 Å². The molecule has 4 N–H and O–H groups in total. The van der Waals surface area contributed by atoms with E-state index in [0.29, 0.717) is 28.2 Å². The van der Waals surface area contributed by atoms with Crippen molar-refractivity contribution in [2.75, 3.05) is 10.6 Å². The zero-order valence-electron chi connectivity index (χ0n) is 25.7. The average Bonchev–Trinajstić information content (AvgIpc) is 3.93. The Balaban J connectivity index is 1.13. The van der Waals surface area contributed by atoms with Gasteiger partial charge in [0.25, 0.3) is 0 Å². The number of pyridine rings is 1. The van der Waals surface area contributed by atoms with Gasteiger partial charge in [0.15, 0.2) is 21.5 Å². The van der Waals surface area contributed by atoms with Gasteiger partial charge in [-0.2, -0.15) is 4.98 Å². The summed E-state index contributed by atoms with van der Waals surface area (Å²) < 4.78 is 82.8. The quantitative estimate of drug-likeness (QED) is 0.0907. The molecule has 3 aliphatic rings. The molecule has 3 fully saturated rings. The van der Waals surface area contributed by atoms with E-state index in [-0.39, 0.29) is 35.2 Å². The van der Waals surface area contributed by atoms with Crippen molar-refractivity contribution in [3.63, 3.8) is 0 Å². The zero-order valence-corrected chi connectivity index (χ0v) is 27.3. The average molecular weight is 713 g/mol. The molecule has 2 aromatic carbocycles. The minimum Gasteiger partial charge on any atom is -0.388 e. The van der Waals surface area contributed by atoms with Crippen LogP contribution in [0, 0.1) is 36.1 Å². The predicted octanol–water partition coefficient (Wildman–Crippen LogP) is 5.25. The monoisotopic (exact) mass is 712 g/mol. The number of thiazole rings is 1. The number of aromatic nitrogens is 4. The lowest BCUT2D eigenvalue weighted by Gasteiger charge is -2.26. The predicted molar refractivity (Wildman–Crippen MR) is 173 cm³/mol. The molecule has 10 nitrogen and oxygen atoms in total. The maximum absolute atomic E-state index is 14.4. The van der Waals surface area contributed by atoms with Gasteiger partial charge in [0.05, 0.1) is 32.6 Å². The number of halogens is 4. The third-order valence-corrected chi connectivity index (χ3v) is 12.9. The number of sulfone groups is 1. The lowest BCUT2D eigenvalue weighted by Crippen LogP contribution is -2.43. The Hall–Kier alpha value is -4.25. The second kappa shape index (κ2) is 11.4. The number of benzene rings is 2. The third-order valence-electron chi connectivity index (χ3n) is 9.60. The van der Waals surface area contributed by atoms with Gasteiger partial charge in [0.2, 0.25) is 5.95 Å². The summed E-state index contributed by atoms with van der Waals surface area (Å²) in [5.41, 5.74) is 0.478. The van der Waals surface area contributed by atoms with Crippen molar-refractivity contribution < 1.29 is 36.2 Å². The van der Waals surface area contributed by atoms with Crippen LogP contribution in [0.3, 0.4) is 0 Å². The second-order valence-electron chi connectivity index (χ2n) is 12.7. The summed E-state index contributed by atoms with van der Waals surface area (Å²) in [7, 11) is -4.09. The van der Waals surface area contributed by atoms with Crippen molar-refractivity contribution >= 4 is 43.2 Å².